The smallest absolute Gasteiger partial charge is 0.0558 e. The zero-order valence-corrected chi connectivity index (χ0v) is 12.5. The Morgan fingerprint density at radius 2 is 1.94 bits per heavy atom. The molecule has 2 atom stereocenters. The zero-order valence-electron chi connectivity index (χ0n) is 12.5. The fourth-order valence-electron chi connectivity index (χ4n) is 3.44. The minimum absolute atomic E-state index is 0.287. The van der Waals surface area contributed by atoms with E-state index in [-0.39, 0.29) is 6.61 Å². The van der Waals surface area contributed by atoms with Crippen molar-refractivity contribution in [3.8, 4) is 0 Å². The van der Waals surface area contributed by atoms with Gasteiger partial charge in [-0.2, -0.15) is 0 Å². The summed E-state index contributed by atoms with van der Waals surface area (Å²) in [6.07, 6.45) is 6.41. The van der Waals surface area contributed by atoms with E-state index in [1.54, 1.807) is 0 Å². The van der Waals surface area contributed by atoms with Gasteiger partial charge in [0, 0.05) is 25.2 Å². The van der Waals surface area contributed by atoms with Gasteiger partial charge in [0.1, 0.15) is 0 Å². The van der Waals surface area contributed by atoms with Gasteiger partial charge in [-0.3, -0.25) is 4.90 Å². The van der Waals surface area contributed by atoms with Gasteiger partial charge < -0.3 is 10.4 Å². The lowest BCUT2D eigenvalue weighted by Crippen LogP contribution is -2.44. The van der Waals surface area contributed by atoms with Crippen molar-refractivity contribution in [1.82, 2.24) is 10.2 Å². The van der Waals surface area contributed by atoms with Crippen molar-refractivity contribution in [2.75, 3.05) is 26.2 Å². The van der Waals surface area contributed by atoms with E-state index < -0.39 is 0 Å². The molecule has 3 nitrogen and oxygen atoms in total. The number of rotatable bonds is 9. The van der Waals surface area contributed by atoms with Crippen molar-refractivity contribution in [3.63, 3.8) is 0 Å². The Balaban J connectivity index is 2.53. The summed E-state index contributed by atoms with van der Waals surface area (Å²) >= 11 is 0. The number of nitrogens with zero attached hydrogens (tertiary/aromatic N) is 1. The molecule has 1 fully saturated rings. The molecule has 2 unspecified atom stereocenters. The fourth-order valence-corrected chi connectivity index (χ4v) is 3.44. The van der Waals surface area contributed by atoms with Crippen LogP contribution in [0.5, 0.6) is 0 Å². The number of aliphatic hydroxyl groups excluding tert-OH is 1. The number of hydrogen-bond donors (Lipinski definition) is 2. The lowest BCUT2D eigenvalue weighted by atomic mass is 10.0. The van der Waals surface area contributed by atoms with Crippen LogP contribution in [0.2, 0.25) is 0 Å². The Hall–Kier alpha value is -0.120. The molecule has 18 heavy (non-hydrogen) atoms. The van der Waals surface area contributed by atoms with Crippen LogP contribution in [-0.2, 0) is 0 Å². The summed E-state index contributed by atoms with van der Waals surface area (Å²) in [6.45, 7) is 10.1. The molecule has 1 saturated carbocycles. The molecule has 0 heterocycles. The molecule has 0 aliphatic heterocycles. The first kappa shape index (κ1) is 15.9. The van der Waals surface area contributed by atoms with E-state index in [0.717, 1.165) is 25.6 Å². The van der Waals surface area contributed by atoms with Crippen LogP contribution in [0, 0.1) is 5.92 Å². The van der Waals surface area contributed by atoms with Gasteiger partial charge in [-0.05, 0) is 38.1 Å². The summed E-state index contributed by atoms with van der Waals surface area (Å²) < 4.78 is 0. The standard InChI is InChI=1S/C15H32N2O/c1-4-14(5-2)17(10-11-18)12-13-8-7-9-15(13)16-6-3/h13-16,18H,4-12H2,1-3H3. The zero-order chi connectivity index (χ0) is 13.4. The van der Waals surface area contributed by atoms with E-state index in [1.165, 1.54) is 32.1 Å². The topological polar surface area (TPSA) is 35.5 Å². The van der Waals surface area contributed by atoms with E-state index in [1.807, 2.05) is 0 Å². The fraction of sp³-hybridized carbons (Fsp3) is 1.00. The highest BCUT2D eigenvalue weighted by Gasteiger charge is 2.29. The second-order valence-electron chi connectivity index (χ2n) is 5.54. The Morgan fingerprint density at radius 3 is 2.50 bits per heavy atom. The molecule has 1 aliphatic carbocycles. The van der Waals surface area contributed by atoms with Crippen LogP contribution in [0.3, 0.4) is 0 Å². The average Bonchev–Trinajstić information content (AvgIpc) is 2.79. The van der Waals surface area contributed by atoms with Crippen molar-refractivity contribution in [3.05, 3.63) is 0 Å². The van der Waals surface area contributed by atoms with Crippen LogP contribution < -0.4 is 5.32 Å². The highest BCUT2D eigenvalue weighted by molar-refractivity contribution is 4.86. The molecule has 1 aliphatic rings. The van der Waals surface area contributed by atoms with Gasteiger partial charge in [-0.25, -0.2) is 0 Å². The maximum absolute atomic E-state index is 9.26. The van der Waals surface area contributed by atoms with Crippen molar-refractivity contribution in [2.45, 2.75) is 65.0 Å². The summed E-state index contributed by atoms with van der Waals surface area (Å²) in [4.78, 5) is 2.51. The molecule has 108 valence electrons. The Kier molecular flexibility index (Phi) is 7.87. The van der Waals surface area contributed by atoms with Gasteiger partial charge in [0.2, 0.25) is 0 Å². The molecule has 0 radical (unpaired) electrons. The molecule has 2 N–H and O–H groups in total. The monoisotopic (exact) mass is 256 g/mol. The van der Waals surface area contributed by atoms with E-state index >= 15 is 0 Å². The summed E-state index contributed by atoms with van der Waals surface area (Å²) in [5.74, 6) is 0.775. The predicted molar refractivity (Wildman–Crippen MR) is 77.8 cm³/mol. The van der Waals surface area contributed by atoms with Crippen LogP contribution in [0.15, 0.2) is 0 Å². The van der Waals surface area contributed by atoms with Crippen LogP contribution >= 0.6 is 0 Å². The average molecular weight is 256 g/mol. The third-order valence-corrected chi connectivity index (χ3v) is 4.44. The van der Waals surface area contributed by atoms with Crippen molar-refractivity contribution < 1.29 is 5.11 Å². The first-order valence-corrected chi connectivity index (χ1v) is 7.85. The van der Waals surface area contributed by atoms with Crippen LogP contribution in [-0.4, -0.2) is 48.3 Å². The number of aliphatic hydroxyl groups is 1. The maximum Gasteiger partial charge on any atom is 0.0558 e. The molecule has 1 rings (SSSR count). The Morgan fingerprint density at radius 1 is 1.22 bits per heavy atom. The van der Waals surface area contributed by atoms with Crippen LogP contribution in [0.25, 0.3) is 0 Å². The lowest BCUT2D eigenvalue weighted by Gasteiger charge is -2.34. The van der Waals surface area contributed by atoms with Crippen LogP contribution in [0.1, 0.15) is 52.9 Å². The van der Waals surface area contributed by atoms with Crippen molar-refractivity contribution in [2.24, 2.45) is 5.92 Å². The van der Waals surface area contributed by atoms with Gasteiger partial charge in [0.05, 0.1) is 6.61 Å². The molecule has 0 aromatic carbocycles. The van der Waals surface area contributed by atoms with Gasteiger partial charge >= 0.3 is 0 Å². The second-order valence-corrected chi connectivity index (χ2v) is 5.54. The summed E-state index contributed by atoms with van der Waals surface area (Å²) in [5.41, 5.74) is 0. The first-order valence-electron chi connectivity index (χ1n) is 7.85. The SMILES string of the molecule is CCNC1CCCC1CN(CCO)C(CC)CC. The summed E-state index contributed by atoms with van der Waals surface area (Å²) in [5, 5.41) is 12.9. The third-order valence-electron chi connectivity index (χ3n) is 4.44. The summed E-state index contributed by atoms with van der Waals surface area (Å²) in [6, 6.07) is 1.34. The first-order chi connectivity index (χ1) is 8.76. The molecule has 0 bridgehead atoms. The third kappa shape index (κ3) is 4.52. The van der Waals surface area contributed by atoms with E-state index in [4.69, 9.17) is 0 Å². The minimum Gasteiger partial charge on any atom is -0.395 e. The Bertz CT molecular complexity index is 207. The van der Waals surface area contributed by atoms with E-state index in [0.29, 0.717) is 12.1 Å². The quantitative estimate of drug-likeness (QED) is 0.664. The second kappa shape index (κ2) is 8.89. The Labute approximate surface area is 113 Å². The van der Waals surface area contributed by atoms with Gasteiger partial charge in [-0.15, -0.1) is 0 Å². The molecular formula is C15H32N2O. The van der Waals surface area contributed by atoms with Crippen LogP contribution in [0.4, 0.5) is 0 Å². The van der Waals surface area contributed by atoms with Crippen molar-refractivity contribution >= 4 is 0 Å². The summed E-state index contributed by atoms with van der Waals surface area (Å²) in [7, 11) is 0. The molecule has 0 amide bonds. The van der Waals surface area contributed by atoms with Gasteiger partial charge in [0.15, 0.2) is 0 Å². The van der Waals surface area contributed by atoms with E-state index in [2.05, 4.69) is 31.0 Å². The highest BCUT2D eigenvalue weighted by atomic mass is 16.3. The lowest BCUT2D eigenvalue weighted by molar-refractivity contribution is 0.118. The molecule has 0 aromatic rings. The molecule has 0 spiro atoms. The molecular weight excluding hydrogens is 224 g/mol. The number of nitrogens with one attached hydrogen (secondary N) is 1. The number of hydrogen-bond acceptors (Lipinski definition) is 3. The normalized spacial score (nSPS) is 24.3. The van der Waals surface area contributed by atoms with E-state index in [9.17, 15) is 5.11 Å². The minimum atomic E-state index is 0.287. The molecule has 0 aromatic heterocycles. The highest BCUT2D eigenvalue weighted by Crippen LogP contribution is 2.27. The maximum atomic E-state index is 9.26. The predicted octanol–water partition coefficient (Wildman–Crippen LogP) is 2.25. The largest absolute Gasteiger partial charge is 0.395 e. The molecule has 0 saturated heterocycles. The van der Waals surface area contributed by atoms with Gasteiger partial charge in [0.25, 0.3) is 0 Å². The van der Waals surface area contributed by atoms with Gasteiger partial charge in [-0.1, -0.05) is 27.2 Å². The molecule has 3 heteroatoms. The van der Waals surface area contributed by atoms with Crippen molar-refractivity contribution in [1.29, 1.82) is 0 Å².